The molecule has 0 saturated carbocycles. The Morgan fingerprint density at radius 3 is 2.80 bits per heavy atom. The summed E-state index contributed by atoms with van der Waals surface area (Å²) in [5.74, 6) is -1.12. The Morgan fingerprint density at radius 2 is 2.10 bits per heavy atom. The number of pyridine rings is 1. The van der Waals surface area contributed by atoms with Crippen molar-refractivity contribution in [3.05, 3.63) is 64.8 Å². The summed E-state index contributed by atoms with van der Waals surface area (Å²) in [6, 6.07) is 8.20. The van der Waals surface area contributed by atoms with E-state index in [0.29, 0.717) is 29.2 Å². The number of aliphatic hydroxyl groups excluding tert-OH is 1. The van der Waals surface area contributed by atoms with Gasteiger partial charge in [-0.25, -0.2) is 9.37 Å². The van der Waals surface area contributed by atoms with Crippen LogP contribution in [0.5, 0.6) is 0 Å². The smallest absolute Gasteiger partial charge is 0.268 e. The number of aliphatic hydroxyl groups is 1. The van der Waals surface area contributed by atoms with Crippen LogP contribution >= 0.6 is 11.6 Å². The second-order valence-electron chi connectivity index (χ2n) is 7.36. The number of aromatic amines is 1. The average Bonchev–Trinajstić information content (AvgIpc) is 3.34. The zero-order chi connectivity index (χ0) is 21.3. The molecular weight excluding hydrogens is 411 g/mol. The van der Waals surface area contributed by atoms with Crippen LogP contribution in [0.4, 0.5) is 4.39 Å². The molecule has 3 aromatic rings. The predicted octanol–water partition coefficient (Wildman–Crippen LogP) is 2.29. The van der Waals surface area contributed by atoms with Crippen LogP contribution < -0.4 is 5.32 Å². The number of aromatic nitrogens is 2. The third kappa shape index (κ3) is 4.44. The van der Waals surface area contributed by atoms with Crippen LogP contribution in [0.25, 0.3) is 10.9 Å². The van der Waals surface area contributed by atoms with E-state index in [1.807, 2.05) is 0 Å². The molecule has 2 aromatic heterocycles. The number of nitrogens with one attached hydrogen (secondary N) is 2. The van der Waals surface area contributed by atoms with Crippen molar-refractivity contribution in [3.8, 4) is 0 Å². The van der Waals surface area contributed by atoms with Crippen molar-refractivity contribution in [1.82, 2.24) is 20.2 Å². The summed E-state index contributed by atoms with van der Waals surface area (Å²) in [6.45, 7) is 0.650. The molecule has 1 aliphatic heterocycles. The van der Waals surface area contributed by atoms with Crippen LogP contribution in [0, 0.1) is 5.82 Å². The van der Waals surface area contributed by atoms with E-state index in [1.165, 1.54) is 23.2 Å². The lowest BCUT2D eigenvalue weighted by Crippen LogP contribution is -2.49. The van der Waals surface area contributed by atoms with Crippen LogP contribution in [0.2, 0.25) is 5.15 Å². The van der Waals surface area contributed by atoms with Gasteiger partial charge in [0.1, 0.15) is 22.7 Å². The second kappa shape index (κ2) is 8.41. The summed E-state index contributed by atoms with van der Waals surface area (Å²) in [4.78, 5) is 34.4. The number of rotatable bonds is 5. The van der Waals surface area contributed by atoms with E-state index in [2.05, 4.69) is 15.3 Å². The lowest BCUT2D eigenvalue weighted by molar-refractivity contribution is -0.132. The standard InChI is InChI=1S/C21H20ClFN4O3/c22-19-9-13-8-16(25-18(13)10-24-19)20(29)26-17(7-12-1-3-14(23)4-2-12)21(30)27-6-5-15(28)11-27/h1-4,8-10,15,17,25,28H,5-7,11H2,(H,26,29)/t15?,17-/m0/s1. The normalized spacial score (nSPS) is 17.3. The monoisotopic (exact) mass is 430 g/mol. The molecule has 0 aliphatic carbocycles. The first-order chi connectivity index (χ1) is 14.4. The quantitative estimate of drug-likeness (QED) is 0.541. The number of halogens is 2. The summed E-state index contributed by atoms with van der Waals surface area (Å²) >= 11 is 5.90. The van der Waals surface area contributed by atoms with Crippen LogP contribution in [-0.4, -0.2) is 57.0 Å². The van der Waals surface area contributed by atoms with E-state index < -0.39 is 18.1 Å². The fraction of sp³-hybridized carbons (Fsp3) is 0.286. The van der Waals surface area contributed by atoms with Crippen molar-refractivity contribution in [2.24, 2.45) is 0 Å². The Bertz CT molecular complexity index is 1090. The molecule has 0 spiro atoms. The van der Waals surface area contributed by atoms with Crippen molar-refractivity contribution in [2.45, 2.75) is 25.0 Å². The summed E-state index contributed by atoms with van der Waals surface area (Å²) in [5.41, 5.74) is 1.63. The highest BCUT2D eigenvalue weighted by atomic mass is 35.5. The van der Waals surface area contributed by atoms with Gasteiger partial charge in [-0.1, -0.05) is 23.7 Å². The van der Waals surface area contributed by atoms with Gasteiger partial charge in [0, 0.05) is 24.9 Å². The summed E-state index contributed by atoms with van der Waals surface area (Å²) in [7, 11) is 0. The number of amides is 2. The van der Waals surface area contributed by atoms with Gasteiger partial charge in [-0.2, -0.15) is 0 Å². The van der Waals surface area contributed by atoms with Gasteiger partial charge in [-0.05, 0) is 36.2 Å². The average molecular weight is 431 g/mol. The number of fused-ring (bicyclic) bond motifs is 1. The number of benzene rings is 1. The van der Waals surface area contributed by atoms with Gasteiger partial charge in [-0.15, -0.1) is 0 Å². The summed E-state index contributed by atoms with van der Waals surface area (Å²) in [6.07, 6.45) is 1.66. The molecule has 3 N–H and O–H groups in total. The first-order valence-corrected chi connectivity index (χ1v) is 9.93. The first kappa shape index (κ1) is 20.3. The molecule has 1 fully saturated rings. The van der Waals surface area contributed by atoms with Crippen molar-refractivity contribution in [1.29, 1.82) is 0 Å². The van der Waals surface area contributed by atoms with Crippen molar-refractivity contribution in [3.63, 3.8) is 0 Å². The Balaban J connectivity index is 1.56. The first-order valence-electron chi connectivity index (χ1n) is 9.55. The minimum Gasteiger partial charge on any atom is -0.391 e. The van der Waals surface area contributed by atoms with E-state index in [-0.39, 0.29) is 30.4 Å². The molecule has 2 atom stereocenters. The molecule has 9 heteroatoms. The number of carbonyl (C=O) groups is 2. The van der Waals surface area contributed by atoms with Crippen LogP contribution in [-0.2, 0) is 11.2 Å². The molecule has 30 heavy (non-hydrogen) atoms. The molecule has 156 valence electrons. The topological polar surface area (TPSA) is 98.3 Å². The van der Waals surface area contributed by atoms with Gasteiger partial charge in [0.2, 0.25) is 5.91 Å². The zero-order valence-corrected chi connectivity index (χ0v) is 16.7. The molecule has 3 heterocycles. The SMILES string of the molecule is O=C(N[C@@H](Cc1ccc(F)cc1)C(=O)N1CCC(O)C1)c1cc2cc(Cl)ncc2[nH]1. The summed E-state index contributed by atoms with van der Waals surface area (Å²) in [5, 5.41) is 13.6. The van der Waals surface area contributed by atoms with Gasteiger partial charge < -0.3 is 20.3 Å². The number of H-pyrrole nitrogens is 1. The Hall–Kier alpha value is -2.97. The van der Waals surface area contributed by atoms with Gasteiger partial charge in [0.25, 0.3) is 5.91 Å². The largest absolute Gasteiger partial charge is 0.391 e. The minimum absolute atomic E-state index is 0.199. The van der Waals surface area contributed by atoms with Gasteiger partial charge >= 0.3 is 0 Å². The van der Waals surface area contributed by atoms with Gasteiger partial charge in [0.15, 0.2) is 0 Å². The molecule has 7 nitrogen and oxygen atoms in total. The molecule has 4 rings (SSSR count). The third-order valence-corrected chi connectivity index (χ3v) is 5.35. The number of carbonyl (C=O) groups excluding carboxylic acids is 2. The Morgan fingerprint density at radius 1 is 1.33 bits per heavy atom. The highest BCUT2D eigenvalue weighted by Gasteiger charge is 2.31. The van der Waals surface area contributed by atoms with Gasteiger partial charge in [-0.3, -0.25) is 9.59 Å². The maximum absolute atomic E-state index is 13.2. The lowest BCUT2D eigenvalue weighted by Gasteiger charge is -2.24. The van der Waals surface area contributed by atoms with Crippen LogP contribution in [0.1, 0.15) is 22.5 Å². The number of hydrogen-bond donors (Lipinski definition) is 3. The van der Waals surface area contributed by atoms with Crippen LogP contribution in [0.3, 0.4) is 0 Å². The third-order valence-electron chi connectivity index (χ3n) is 5.15. The molecule has 1 unspecified atom stereocenters. The Labute approximate surface area is 176 Å². The molecule has 1 aromatic carbocycles. The van der Waals surface area contributed by atoms with E-state index in [9.17, 15) is 19.1 Å². The molecule has 1 saturated heterocycles. The van der Waals surface area contributed by atoms with E-state index in [1.54, 1.807) is 24.3 Å². The Kier molecular flexibility index (Phi) is 5.69. The number of hydrogen-bond acceptors (Lipinski definition) is 4. The molecule has 0 radical (unpaired) electrons. The fourth-order valence-corrected chi connectivity index (χ4v) is 3.75. The van der Waals surface area contributed by atoms with Crippen molar-refractivity contribution in [2.75, 3.05) is 13.1 Å². The number of nitrogens with zero attached hydrogens (tertiary/aromatic N) is 2. The van der Waals surface area contributed by atoms with Crippen molar-refractivity contribution >= 4 is 34.3 Å². The number of β-amino-alcohol motifs (C(OH)–C–C–N with tert-alkyl or cyclic N) is 1. The number of likely N-dealkylation sites (tertiary alicyclic amines) is 1. The molecular formula is C21H20ClFN4O3. The fourth-order valence-electron chi connectivity index (χ4n) is 3.58. The second-order valence-corrected chi connectivity index (χ2v) is 7.75. The molecule has 1 aliphatic rings. The minimum atomic E-state index is -0.860. The van der Waals surface area contributed by atoms with E-state index in [0.717, 1.165) is 5.39 Å². The van der Waals surface area contributed by atoms with E-state index >= 15 is 0 Å². The maximum Gasteiger partial charge on any atom is 0.268 e. The highest BCUT2D eigenvalue weighted by Crippen LogP contribution is 2.19. The molecule has 0 bridgehead atoms. The predicted molar refractivity (Wildman–Crippen MR) is 110 cm³/mol. The highest BCUT2D eigenvalue weighted by molar-refractivity contribution is 6.30. The lowest BCUT2D eigenvalue weighted by atomic mass is 10.0. The van der Waals surface area contributed by atoms with Crippen molar-refractivity contribution < 1.29 is 19.1 Å². The van der Waals surface area contributed by atoms with Gasteiger partial charge in [0.05, 0.1) is 17.8 Å². The van der Waals surface area contributed by atoms with E-state index in [4.69, 9.17) is 11.6 Å². The summed E-state index contributed by atoms with van der Waals surface area (Å²) < 4.78 is 13.2. The van der Waals surface area contributed by atoms with Crippen LogP contribution in [0.15, 0.2) is 42.6 Å². The maximum atomic E-state index is 13.2. The molecule has 2 amide bonds. The zero-order valence-electron chi connectivity index (χ0n) is 15.9.